The van der Waals surface area contributed by atoms with E-state index in [1.54, 1.807) is 41.1 Å². The Hall–Kier alpha value is -3.24. The Kier molecular flexibility index (Phi) is 6.97. The maximum absolute atomic E-state index is 15.7. The molecule has 3 aromatic rings. The number of rotatable bonds is 6. The Balaban J connectivity index is 1.39. The zero-order valence-electron chi connectivity index (χ0n) is 23.1. The summed E-state index contributed by atoms with van der Waals surface area (Å²) in [6.07, 6.45) is -0.342. The van der Waals surface area contributed by atoms with Crippen molar-refractivity contribution in [3.8, 4) is 5.75 Å². The van der Waals surface area contributed by atoms with E-state index in [-0.39, 0.29) is 38.0 Å². The van der Waals surface area contributed by atoms with E-state index in [4.69, 9.17) is 21.1 Å². The van der Waals surface area contributed by atoms with E-state index in [0.29, 0.717) is 33.4 Å². The van der Waals surface area contributed by atoms with E-state index >= 15 is 4.11 Å². The minimum Gasteiger partial charge on any atom is -0.482 e. The van der Waals surface area contributed by atoms with Crippen LogP contribution in [0.25, 0.3) is 0 Å². The minimum absolute atomic E-state index is 0.0673. The van der Waals surface area contributed by atoms with Gasteiger partial charge in [0.2, 0.25) is 8.41 Å². The highest BCUT2D eigenvalue weighted by Crippen LogP contribution is 2.60. The second-order valence-corrected chi connectivity index (χ2v) is 15.7. The Morgan fingerprint density at radius 3 is 2.61 bits per heavy atom. The van der Waals surface area contributed by atoms with E-state index < -0.39 is 31.6 Å². The zero-order chi connectivity index (χ0) is 29.1. The lowest BCUT2D eigenvalue weighted by Gasteiger charge is -2.31. The molecule has 3 aromatic carbocycles. The van der Waals surface area contributed by atoms with Crippen molar-refractivity contribution in [3.05, 3.63) is 82.9 Å². The predicted molar refractivity (Wildman–Crippen MR) is 158 cm³/mol. The number of nitrogens with zero attached hydrogens (tertiary/aromatic N) is 2. The fourth-order valence-corrected chi connectivity index (χ4v) is 9.65. The summed E-state index contributed by atoms with van der Waals surface area (Å²) in [4.78, 5) is 30.7. The molecule has 1 fully saturated rings. The number of aliphatic hydroxyl groups is 1. The summed E-state index contributed by atoms with van der Waals surface area (Å²) in [5.41, 5.74) is 1.52. The molecule has 3 aliphatic rings. The van der Waals surface area contributed by atoms with Gasteiger partial charge in [0.05, 0.1) is 24.0 Å². The number of carbonyl (C=O) groups is 2. The number of carbonyl (C=O) groups excluding carboxylic acids is 2. The molecule has 4 atom stereocenters. The molecule has 41 heavy (non-hydrogen) atoms. The Morgan fingerprint density at radius 2 is 1.85 bits per heavy atom. The van der Waals surface area contributed by atoms with Gasteiger partial charge in [0.1, 0.15) is 5.75 Å². The summed E-state index contributed by atoms with van der Waals surface area (Å²) in [6, 6.07) is 20.2. The van der Waals surface area contributed by atoms with Crippen molar-refractivity contribution in [1.29, 1.82) is 0 Å². The van der Waals surface area contributed by atoms with Crippen LogP contribution in [-0.2, 0) is 26.5 Å². The minimum atomic E-state index is -3.29. The van der Waals surface area contributed by atoms with Crippen molar-refractivity contribution >= 4 is 48.9 Å². The van der Waals surface area contributed by atoms with Crippen molar-refractivity contribution in [2.45, 2.75) is 50.2 Å². The van der Waals surface area contributed by atoms with Gasteiger partial charge >= 0.3 is 0 Å². The summed E-state index contributed by atoms with van der Waals surface area (Å²) in [6.45, 7) is 5.13. The van der Waals surface area contributed by atoms with Crippen LogP contribution in [0.3, 0.4) is 0 Å². The third kappa shape index (κ3) is 4.46. The van der Waals surface area contributed by atoms with E-state index in [2.05, 4.69) is 0 Å². The normalized spacial score (nSPS) is 25.5. The van der Waals surface area contributed by atoms with Gasteiger partial charge in [0.15, 0.2) is 12.2 Å². The molecule has 1 N–H and O–H groups in total. The first-order chi connectivity index (χ1) is 19.6. The number of hydrogen-bond donors (Lipinski definition) is 1. The molecule has 2 amide bonds. The third-order valence-corrected chi connectivity index (χ3v) is 11.2. The lowest BCUT2D eigenvalue weighted by atomic mass is 9.82. The quantitative estimate of drug-likeness (QED) is 0.275. The molecule has 3 heterocycles. The summed E-state index contributed by atoms with van der Waals surface area (Å²) in [7, 11) is -3.29. The second kappa shape index (κ2) is 10.2. The number of ether oxygens (including phenoxy) is 2. The third-order valence-electron chi connectivity index (χ3n) is 8.55. The lowest BCUT2D eigenvalue weighted by Crippen LogP contribution is -2.45. The average molecular weight is 595 g/mol. The van der Waals surface area contributed by atoms with Crippen molar-refractivity contribution < 1.29 is 28.3 Å². The van der Waals surface area contributed by atoms with Gasteiger partial charge in [0, 0.05) is 34.3 Å². The topological polar surface area (TPSA) is 79.3 Å². The van der Waals surface area contributed by atoms with Crippen LogP contribution in [0.5, 0.6) is 5.75 Å². The number of para-hydroxylation sites is 2. The van der Waals surface area contributed by atoms with Crippen LogP contribution in [0.4, 0.5) is 21.2 Å². The van der Waals surface area contributed by atoms with Crippen molar-refractivity contribution in [2.24, 2.45) is 5.92 Å². The molecule has 214 valence electrons. The Labute approximate surface area is 244 Å². The molecule has 0 aliphatic carbocycles. The fourth-order valence-electron chi connectivity index (χ4n) is 6.94. The first kappa shape index (κ1) is 27.9. The summed E-state index contributed by atoms with van der Waals surface area (Å²) < 4.78 is 27.9. The Bertz CT molecular complexity index is 1530. The predicted octanol–water partition coefficient (Wildman–Crippen LogP) is 6.10. The number of halogens is 2. The average Bonchev–Trinajstić information content (AvgIpc) is 3.35. The highest BCUT2D eigenvalue weighted by Gasteiger charge is 2.66. The van der Waals surface area contributed by atoms with Crippen molar-refractivity contribution in [2.75, 3.05) is 23.0 Å². The van der Waals surface area contributed by atoms with E-state index in [1.807, 2.05) is 55.5 Å². The molecule has 0 unspecified atom stereocenters. The molecule has 1 spiro atoms. The summed E-state index contributed by atoms with van der Waals surface area (Å²) >= 11 is 6.44. The fraction of sp³-hybridized carbons (Fsp3) is 0.355. The number of benzene rings is 3. The number of amides is 2. The molecule has 0 saturated carbocycles. The van der Waals surface area contributed by atoms with Crippen molar-refractivity contribution in [3.63, 3.8) is 0 Å². The molecule has 3 aliphatic heterocycles. The second-order valence-electron chi connectivity index (χ2n) is 11.5. The van der Waals surface area contributed by atoms with Crippen LogP contribution >= 0.6 is 11.6 Å². The summed E-state index contributed by atoms with van der Waals surface area (Å²) in [5, 5.41) is 10.2. The smallest absolute Gasteiger partial charge is 0.269 e. The molecule has 0 radical (unpaired) electrons. The van der Waals surface area contributed by atoms with E-state index in [1.165, 1.54) is 0 Å². The molecule has 0 aromatic heterocycles. The first-order valence-electron chi connectivity index (χ1n) is 13.8. The molecule has 7 nitrogen and oxygen atoms in total. The SMILES string of the molecule is C[C@@H]1[C@@H]([Si](C)(C)F)[C@H](CCO)O[C@@]12C(=O)N(Cc1cccc(N3C(=O)COc4ccccc43)c1)c1ccc(Cl)cc12. The zero-order valence-corrected chi connectivity index (χ0v) is 24.9. The molecular formula is C31H32ClFN2O5Si. The highest BCUT2D eigenvalue weighted by atomic mass is 35.5. The van der Waals surface area contributed by atoms with Gasteiger partial charge in [0.25, 0.3) is 11.8 Å². The molecule has 10 heteroatoms. The van der Waals surface area contributed by atoms with Crippen LogP contribution in [0.15, 0.2) is 66.7 Å². The van der Waals surface area contributed by atoms with Gasteiger partial charge in [-0.25, -0.2) is 0 Å². The molecule has 6 rings (SSSR count). The maximum Gasteiger partial charge on any atom is 0.269 e. The van der Waals surface area contributed by atoms with Gasteiger partial charge in [-0.15, -0.1) is 0 Å². The number of aliphatic hydroxyl groups excluding tert-OH is 1. The van der Waals surface area contributed by atoms with Crippen LogP contribution in [0.1, 0.15) is 24.5 Å². The van der Waals surface area contributed by atoms with E-state index in [9.17, 15) is 14.7 Å². The van der Waals surface area contributed by atoms with Crippen LogP contribution in [-0.4, -0.2) is 44.6 Å². The maximum atomic E-state index is 15.7. The standard InChI is InChI=1S/C31H32ClFN2O5Si/c1-19-29(41(2,3)33)27(13-14-36)40-31(19)23-16-21(32)11-12-24(23)34(30(31)38)17-20-7-6-8-22(15-20)35-25-9-4-5-10-26(25)39-18-28(35)37/h4-12,15-16,19,27,29,36H,13-14,17-18H2,1-3H3/t19-,27+,29-,31+/m1/s1. The van der Waals surface area contributed by atoms with E-state index in [0.717, 1.165) is 5.56 Å². The monoisotopic (exact) mass is 594 g/mol. The van der Waals surface area contributed by atoms with Crippen LogP contribution in [0, 0.1) is 5.92 Å². The van der Waals surface area contributed by atoms with Crippen molar-refractivity contribution in [1.82, 2.24) is 0 Å². The Morgan fingerprint density at radius 1 is 1.07 bits per heavy atom. The molecule has 0 bridgehead atoms. The first-order valence-corrected chi connectivity index (χ1v) is 17.1. The molecule has 1 saturated heterocycles. The highest BCUT2D eigenvalue weighted by molar-refractivity contribution is 6.72. The van der Waals surface area contributed by atoms with Gasteiger partial charge in [-0.1, -0.05) is 42.8 Å². The largest absolute Gasteiger partial charge is 0.482 e. The van der Waals surface area contributed by atoms with Crippen LogP contribution < -0.4 is 14.5 Å². The number of hydrogen-bond acceptors (Lipinski definition) is 5. The van der Waals surface area contributed by atoms with Crippen LogP contribution in [0.2, 0.25) is 23.7 Å². The lowest BCUT2D eigenvalue weighted by molar-refractivity contribution is -0.146. The van der Waals surface area contributed by atoms with Gasteiger partial charge in [-0.2, -0.15) is 0 Å². The van der Waals surface area contributed by atoms with Gasteiger partial charge < -0.3 is 23.6 Å². The van der Waals surface area contributed by atoms with Gasteiger partial charge in [-0.05, 0) is 67.5 Å². The number of fused-ring (bicyclic) bond motifs is 3. The summed E-state index contributed by atoms with van der Waals surface area (Å²) in [5.74, 6) is -0.304. The molecular weight excluding hydrogens is 563 g/mol. The van der Waals surface area contributed by atoms with Gasteiger partial charge in [-0.3, -0.25) is 14.5 Å². The number of anilines is 3.